The monoisotopic (exact) mass is 368 g/mol. The van der Waals surface area contributed by atoms with Gasteiger partial charge in [-0.2, -0.15) is 5.26 Å². The maximum Gasteiger partial charge on any atom is 0.253 e. The van der Waals surface area contributed by atoms with Crippen molar-refractivity contribution in [1.82, 2.24) is 9.97 Å². The minimum atomic E-state index is -0.312. The lowest BCUT2D eigenvalue weighted by atomic mass is 10.1. The first-order chi connectivity index (χ1) is 12.4. The Hall–Kier alpha value is -3.04. The van der Waals surface area contributed by atoms with Crippen molar-refractivity contribution in [2.75, 3.05) is 12.4 Å². The SMILES string of the molecule is COc1cc(N[C@@H](C)c2cc3cc(Cl)c(C)cc3[nH]c2=O)ncc1C#N. The number of aromatic amines is 1. The zero-order valence-corrected chi connectivity index (χ0v) is 15.3. The first kappa shape index (κ1) is 17.8. The van der Waals surface area contributed by atoms with Gasteiger partial charge in [-0.3, -0.25) is 4.79 Å². The average molecular weight is 369 g/mol. The van der Waals surface area contributed by atoms with Gasteiger partial charge in [0.1, 0.15) is 23.2 Å². The summed E-state index contributed by atoms with van der Waals surface area (Å²) < 4.78 is 5.18. The Morgan fingerprint density at radius 2 is 2.12 bits per heavy atom. The zero-order chi connectivity index (χ0) is 18.8. The van der Waals surface area contributed by atoms with E-state index in [-0.39, 0.29) is 11.6 Å². The number of aryl methyl sites for hydroxylation is 1. The van der Waals surface area contributed by atoms with Crippen LogP contribution in [0.15, 0.2) is 35.3 Å². The van der Waals surface area contributed by atoms with Gasteiger partial charge in [0.05, 0.1) is 19.3 Å². The van der Waals surface area contributed by atoms with Crippen LogP contribution in [-0.2, 0) is 0 Å². The number of nitriles is 1. The highest BCUT2D eigenvalue weighted by Gasteiger charge is 2.14. The summed E-state index contributed by atoms with van der Waals surface area (Å²) in [7, 11) is 1.49. The molecule has 0 fully saturated rings. The third-order valence-electron chi connectivity index (χ3n) is 4.19. The minimum absolute atomic E-state index is 0.181. The first-order valence-electron chi connectivity index (χ1n) is 7.96. The van der Waals surface area contributed by atoms with Crippen LogP contribution in [-0.4, -0.2) is 17.1 Å². The van der Waals surface area contributed by atoms with Gasteiger partial charge in [-0.15, -0.1) is 0 Å². The fourth-order valence-electron chi connectivity index (χ4n) is 2.74. The molecule has 6 nitrogen and oxygen atoms in total. The Balaban J connectivity index is 1.96. The Kier molecular flexibility index (Phi) is 4.83. The molecule has 2 aromatic heterocycles. The van der Waals surface area contributed by atoms with E-state index in [1.807, 2.05) is 38.1 Å². The fourth-order valence-corrected chi connectivity index (χ4v) is 2.91. The summed E-state index contributed by atoms with van der Waals surface area (Å²) in [6, 6.07) is 8.84. The highest BCUT2D eigenvalue weighted by atomic mass is 35.5. The minimum Gasteiger partial charge on any atom is -0.495 e. The van der Waals surface area contributed by atoms with Crippen molar-refractivity contribution in [2.45, 2.75) is 19.9 Å². The van der Waals surface area contributed by atoms with Crippen molar-refractivity contribution >= 4 is 28.3 Å². The standard InChI is InChI=1S/C19H17ClN4O2/c1-10-4-16-12(6-15(10)20)5-14(19(25)24-16)11(2)23-18-7-17(26-3)13(8-21)9-22-18/h4-7,9,11H,1-3H3,(H,22,23)(H,24,25)/t11-/m0/s1. The quantitative estimate of drug-likeness (QED) is 0.727. The number of fused-ring (bicyclic) bond motifs is 1. The van der Waals surface area contributed by atoms with Gasteiger partial charge in [0.25, 0.3) is 5.56 Å². The molecule has 1 aromatic carbocycles. The molecule has 0 saturated carbocycles. The number of H-pyrrole nitrogens is 1. The molecule has 3 aromatic rings. The van der Waals surface area contributed by atoms with Crippen molar-refractivity contribution in [3.05, 3.63) is 62.5 Å². The summed E-state index contributed by atoms with van der Waals surface area (Å²) in [6.07, 6.45) is 1.43. The second kappa shape index (κ2) is 7.06. The van der Waals surface area contributed by atoms with Gasteiger partial charge in [-0.1, -0.05) is 11.6 Å². The lowest BCUT2D eigenvalue weighted by molar-refractivity contribution is 0.413. The molecule has 7 heteroatoms. The number of benzene rings is 1. The van der Waals surface area contributed by atoms with Crippen LogP contribution in [0.4, 0.5) is 5.82 Å². The molecule has 0 aliphatic rings. The van der Waals surface area contributed by atoms with Crippen LogP contribution in [0.3, 0.4) is 0 Å². The number of methoxy groups -OCH3 is 1. The summed E-state index contributed by atoms with van der Waals surface area (Å²) in [4.78, 5) is 19.6. The molecule has 0 aliphatic heterocycles. The van der Waals surface area contributed by atoms with Crippen molar-refractivity contribution in [3.63, 3.8) is 0 Å². The highest BCUT2D eigenvalue weighted by Crippen LogP contribution is 2.25. The second-order valence-corrected chi connectivity index (χ2v) is 6.40. The van der Waals surface area contributed by atoms with Gasteiger partial charge in [0, 0.05) is 27.6 Å². The molecule has 0 spiro atoms. The van der Waals surface area contributed by atoms with Crippen molar-refractivity contribution in [2.24, 2.45) is 0 Å². The smallest absolute Gasteiger partial charge is 0.253 e. The lowest BCUT2D eigenvalue weighted by Crippen LogP contribution is -2.19. The highest BCUT2D eigenvalue weighted by molar-refractivity contribution is 6.32. The predicted octanol–water partition coefficient (Wildman–Crippen LogP) is 3.94. The molecule has 2 N–H and O–H groups in total. The zero-order valence-electron chi connectivity index (χ0n) is 14.6. The Labute approximate surface area is 155 Å². The molecule has 26 heavy (non-hydrogen) atoms. The van der Waals surface area contributed by atoms with Crippen molar-refractivity contribution in [1.29, 1.82) is 5.26 Å². The molecule has 2 heterocycles. The van der Waals surface area contributed by atoms with Crippen LogP contribution in [0.25, 0.3) is 10.9 Å². The number of hydrogen-bond acceptors (Lipinski definition) is 5. The van der Waals surface area contributed by atoms with Crippen molar-refractivity contribution < 1.29 is 4.74 Å². The number of aromatic nitrogens is 2. The maximum absolute atomic E-state index is 12.5. The molecule has 3 rings (SSSR count). The van der Waals surface area contributed by atoms with Crippen LogP contribution in [0.2, 0.25) is 5.02 Å². The number of pyridine rings is 2. The molecule has 0 amide bonds. The van der Waals surface area contributed by atoms with E-state index in [0.717, 1.165) is 16.5 Å². The van der Waals surface area contributed by atoms with Crippen LogP contribution in [0, 0.1) is 18.3 Å². The van der Waals surface area contributed by atoms with Gasteiger partial charge in [0.2, 0.25) is 0 Å². The van der Waals surface area contributed by atoms with Crippen molar-refractivity contribution in [3.8, 4) is 11.8 Å². The molecule has 132 valence electrons. The molecule has 0 unspecified atom stereocenters. The van der Waals surface area contributed by atoms with Crippen LogP contribution < -0.4 is 15.6 Å². The average Bonchev–Trinajstić information content (AvgIpc) is 2.62. The third-order valence-corrected chi connectivity index (χ3v) is 4.60. The number of nitrogens with one attached hydrogen (secondary N) is 2. The van der Waals surface area contributed by atoms with Crippen LogP contribution >= 0.6 is 11.6 Å². The van der Waals surface area contributed by atoms with Gasteiger partial charge in [-0.05, 0) is 37.6 Å². The van der Waals surface area contributed by atoms with E-state index < -0.39 is 0 Å². The molecular weight excluding hydrogens is 352 g/mol. The fraction of sp³-hybridized carbons (Fsp3) is 0.211. The van der Waals surface area contributed by atoms with E-state index in [4.69, 9.17) is 21.6 Å². The van der Waals surface area contributed by atoms with Crippen LogP contribution in [0.5, 0.6) is 5.75 Å². The lowest BCUT2D eigenvalue weighted by Gasteiger charge is -2.16. The summed E-state index contributed by atoms with van der Waals surface area (Å²) in [6.45, 7) is 3.75. The van der Waals surface area contributed by atoms with Crippen LogP contribution in [0.1, 0.15) is 29.7 Å². The Bertz CT molecular complexity index is 1090. The van der Waals surface area contributed by atoms with E-state index in [1.165, 1.54) is 13.3 Å². The van der Waals surface area contributed by atoms with E-state index in [2.05, 4.69) is 15.3 Å². The number of anilines is 1. The number of hydrogen-bond donors (Lipinski definition) is 2. The summed E-state index contributed by atoms with van der Waals surface area (Å²) in [5.74, 6) is 0.932. The molecular formula is C19H17ClN4O2. The maximum atomic E-state index is 12.5. The van der Waals surface area contributed by atoms with Gasteiger partial charge in [0.15, 0.2) is 0 Å². The van der Waals surface area contributed by atoms with E-state index in [9.17, 15) is 4.79 Å². The third kappa shape index (κ3) is 3.35. The topological polar surface area (TPSA) is 90.8 Å². The van der Waals surface area contributed by atoms with E-state index >= 15 is 0 Å². The normalized spacial score (nSPS) is 11.8. The van der Waals surface area contributed by atoms with Gasteiger partial charge in [-0.25, -0.2) is 4.98 Å². The second-order valence-electron chi connectivity index (χ2n) is 5.99. The number of nitrogens with zero attached hydrogens (tertiary/aromatic N) is 2. The number of rotatable bonds is 4. The van der Waals surface area contributed by atoms with Gasteiger partial charge < -0.3 is 15.0 Å². The Morgan fingerprint density at radius 1 is 1.35 bits per heavy atom. The number of ether oxygens (including phenoxy) is 1. The summed E-state index contributed by atoms with van der Waals surface area (Å²) in [5, 5.41) is 13.7. The molecule has 1 atom stereocenters. The Morgan fingerprint density at radius 3 is 2.81 bits per heavy atom. The summed E-state index contributed by atoms with van der Waals surface area (Å²) >= 11 is 6.19. The predicted molar refractivity (Wildman–Crippen MR) is 102 cm³/mol. The number of halogens is 1. The first-order valence-corrected chi connectivity index (χ1v) is 8.34. The van der Waals surface area contributed by atoms with E-state index in [1.54, 1.807) is 6.07 Å². The van der Waals surface area contributed by atoms with Gasteiger partial charge >= 0.3 is 0 Å². The molecule has 0 aliphatic carbocycles. The summed E-state index contributed by atoms with van der Waals surface area (Å²) in [5.41, 5.74) is 2.37. The molecule has 0 bridgehead atoms. The van der Waals surface area contributed by atoms with E-state index in [0.29, 0.717) is 27.7 Å². The molecule has 0 radical (unpaired) electrons. The molecule has 0 saturated heterocycles. The largest absolute Gasteiger partial charge is 0.495 e.